The predicted octanol–water partition coefficient (Wildman–Crippen LogP) is 2.39. The van der Waals surface area contributed by atoms with Crippen LogP contribution in [-0.4, -0.2) is 26.8 Å². The van der Waals surface area contributed by atoms with Crippen LogP contribution < -0.4 is 5.32 Å². The zero-order valence-electron chi connectivity index (χ0n) is 12.1. The summed E-state index contributed by atoms with van der Waals surface area (Å²) in [7, 11) is 1.87. The van der Waals surface area contributed by atoms with Gasteiger partial charge in [-0.15, -0.1) is 0 Å². The first kappa shape index (κ1) is 13.5. The molecule has 0 aliphatic carbocycles. The van der Waals surface area contributed by atoms with E-state index in [-0.39, 0.29) is 0 Å². The summed E-state index contributed by atoms with van der Waals surface area (Å²) >= 11 is 0. The van der Waals surface area contributed by atoms with E-state index in [1.54, 1.807) is 0 Å². The molecule has 0 aromatic carbocycles. The molecule has 0 radical (unpaired) electrons. The molecule has 2 aromatic rings. The molecule has 2 aromatic heterocycles. The minimum Gasteiger partial charge on any atom is -0.373 e. The Morgan fingerprint density at radius 3 is 2.42 bits per heavy atom. The summed E-state index contributed by atoms with van der Waals surface area (Å²) in [5.74, 6) is 2.50. The molecule has 0 saturated carbocycles. The largest absolute Gasteiger partial charge is 0.373 e. The second-order valence-electron chi connectivity index (χ2n) is 4.38. The summed E-state index contributed by atoms with van der Waals surface area (Å²) in [5, 5.41) is 7.70. The SMILES string of the molecule is CCc1cc(CC)n(-c2cc(NC)nc(CC)n2)n1. The molecule has 102 valence electrons. The van der Waals surface area contributed by atoms with Gasteiger partial charge in [0.05, 0.1) is 5.69 Å². The number of nitrogens with one attached hydrogen (secondary N) is 1. The van der Waals surface area contributed by atoms with Crippen LogP contribution in [0.3, 0.4) is 0 Å². The van der Waals surface area contributed by atoms with Crippen molar-refractivity contribution in [2.75, 3.05) is 12.4 Å². The molecule has 19 heavy (non-hydrogen) atoms. The van der Waals surface area contributed by atoms with Gasteiger partial charge >= 0.3 is 0 Å². The lowest BCUT2D eigenvalue weighted by Crippen LogP contribution is -2.08. The van der Waals surface area contributed by atoms with Crippen LogP contribution in [0.5, 0.6) is 0 Å². The fourth-order valence-corrected chi connectivity index (χ4v) is 1.98. The molecule has 2 rings (SSSR count). The molecule has 0 spiro atoms. The quantitative estimate of drug-likeness (QED) is 0.895. The molecule has 0 bridgehead atoms. The third kappa shape index (κ3) is 2.75. The highest BCUT2D eigenvalue weighted by Gasteiger charge is 2.10. The second-order valence-corrected chi connectivity index (χ2v) is 4.38. The normalized spacial score (nSPS) is 10.7. The number of aryl methyl sites for hydroxylation is 3. The first-order valence-electron chi connectivity index (χ1n) is 6.85. The van der Waals surface area contributed by atoms with E-state index >= 15 is 0 Å². The van der Waals surface area contributed by atoms with Gasteiger partial charge in [-0.3, -0.25) is 0 Å². The second kappa shape index (κ2) is 5.82. The summed E-state index contributed by atoms with van der Waals surface area (Å²) in [6, 6.07) is 4.08. The van der Waals surface area contributed by atoms with Crippen LogP contribution in [-0.2, 0) is 19.3 Å². The van der Waals surface area contributed by atoms with Crippen molar-refractivity contribution >= 4 is 5.82 Å². The summed E-state index contributed by atoms with van der Waals surface area (Å²) in [6.07, 6.45) is 2.68. The van der Waals surface area contributed by atoms with Crippen LogP contribution >= 0.6 is 0 Å². The van der Waals surface area contributed by atoms with Crippen LogP contribution in [0.1, 0.15) is 38.0 Å². The van der Waals surface area contributed by atoms with E-state index in [0.29, 0.717) is 0 Å². The van der Waals surface area contributed by atoms with Crippen LogP contribution in [0.2, 0.25) is 0 Å². The van der Waals surface area contributed by atoms with Gasteiger partial charge in [-0.05, 0) is 18.9 Å². The van der Waals surface area contributed by atoms with Crippen LogP contribution in [0.4, 0.5) is 5.82 Å². The van der Waals surface area contributed by atoms with Crippen LogP contribution in [0, 0.1) is 0 Å². The Morgan fingerprint density at radius 2 is 1.84 bits per heavy atom. The van der Waals surface area contributed by atoms with Gasteiger partial charge in [0.15, 0.2) is 5.82 Å². The van der Waals surface area contributed by atoms with Gasteiger partial charge in [0.1, 0.15) is 11.6 Å². The number of nitrogens with zero attached hydrogens (tertiary/aromatic N) is 4. The summed E-state index contributed by atoms with van der Waals surface area (Å²) in [6.45, 7) is 6.30. The highest BCUT2D eigenvalue weighted by molar-refractivity contribution is 5.41. The number of hydrogen-bond acceptors (Lipinski definition) is 4. The van der Waals surface area contributed by atoms with Gasteiger partial charge < -0.3 is 5.32 Å². The van der Waals surface area contributed by atoms with Gasteiger partial charge in [-0.25, -0.2) is 14.6 Å². The number of aromatic nitrogens is 4. The van der Waals surface area contributed by atoms with Crippen molar-refractivity contribution in [3.05, 3.63) is 29.3 Å². The smallest absolute Gasteiger partial charge is 0.159 e. The Morgan fingerprint density at radius 1 is 1.05 bits per heavy atom. The predicted molar refractivity (Wildman–Crippen MR) is 76.8 cm³/mol. The van der Waals surface area contributed by atoms with E-state index < -0.39 is 0 Å². The Labute approximate surface area is 114 Å². The van der Waals surface area contributed by atoms with Gasteiger partial charge in [0, 0.05) is 25.2 Å². The van der Waals surface area contributed by atoms with E-state index in [1.807, 2.05) is 17.8 Å². The first-order valence-corrected chi connectivity index (χ1v) is 6.85. The van der Waals surface area contributed by atoms with Crippen molar-refractivity contribution < 1.29 is 0 Å². The maximum absolute atomic E-state index is 4.62. The third-order valence-corrected chi connectivity index (χ3v) is 3.11. The molecule has 2 heterocycles. The van der Waals surface area contributed by atoms with Gasteiger partial charge in [0.25, 0.3) is 0 Å². The Balaban J connectivity index is 2.53. The minimum absolute atomic E-state index is 0.811. The molecule has 0 aliphatic rings. The molecule has 0 aliphatic heterocycles. The monoisotopic (exact) mass is 259 g/mol. The number of rotatable bonds is 5. The first-order chi connectivity index (χ1) is 9.21. The van der Waals surface area contributed by atoms with Gasteiger partial charge in [-0.2, -0.15) is 5.10 Å². The molecule has 0 fully saturated rings. The van der Waals surface area contributed by atoms with E-state index in [9.17, 15) is 0 Å². The molecule has 5 nitrogen and oxygen atoms in total. The standard InChI is InChI=1S/C14H21N5/c1-5-10-8-11(6-2)19(18-10)14-9-13(15-4)16-12(7-3)17-14/h8-9H,5-7H2,1-4H3,(H,15,16,17). The van der Waals surface area contributed by atoms with E-state index in [0.717, 1.165) is 42.4 Å². The summed E-state index contributed by atoms with van der Waals surface area (Å²) in [5.41, 5.74) is 2.28. The Hall–Kier alpha value is -1.91. The van der Waals surface area contributed by atoms with Gasteiger partial charge in [-0.1, -0.05) is 20.8 Å². The molecule has 0 saturated heterocycles. The fraction of sp³-hybridized carbons (Fsp3) is 0.500. The van der Waals surface area contributed by atoms with Crippen molar-refractivity contribution in [3.8, 4) is 5.82 Å². The maximum Gasteiger partial charge on any atom is 0.159 e. The van der Waals surface area contributed by atoms with Crippen molar-refractivity contribution in [2.45, 2.75) is 40.0 Å². The molecular weight excluding hydrogens is 238 g/mol. The molecule has 0 atom stereocenters. The van der Waals surface area contributed by atoms with E-state index in [1.165, 1.54) is 5.69 Å². The Bertz CT molecular complexity index is 537. The lowest BCUT2D eigenvalue weighted by molar-refractivity contribution is 0.757. The highest BCUT2D eigenvalue weighted by atomic mass is 15.3. The van der Waals surface area contributed by atoms with E-state index in [4.69, 9.17) is 0 Å². The van der Waals surface area contributed by atoms with Gasteiger partial charge in [0.2, 0.25) is 0 Å². The maximum atomic E-state index is 4.62. The number of hydrogen-bond donors (Lipinski definition) is 1. The average molecular weight is 259 g/mol. The third-order valence-electron chi connectivity index (χ3n) is 3.11. The number of anilines is 1. The average Bonchev–Trinajstić information content (AvgIpc) is 2.90. The van der Waals surface area contributed by atoms with Crippen molar-refractivity contribution in [1.29, 1.82) is 0 Å². The zero-order valence-corrected chi connectivity index (χ0v) is 12.1. The van der Waals surface area contributed by atoms with Crippen molar-refractivity contribution in [2.24, 2.45) is 0 Å². The van der Waals surface area contributed by atoms with Crippen molar-refractivity contribution in [1.82, 2.24) is 19.7 Å². The minimum atomic E-state index is 0.811. The molecular formula is C14H21N5. The topological polar surface area (TPSA) is 55.6 Å². The van der Waals surface area contributed by atoms with Crippen LogP contribution in [0.15, 0.2) is 12.1 Å². The fourth-order valence-electron chi connectivity index (χ4n) is 1.98. The molecule has 0 unspecified atom stereocenters. The zero-order chi connectivity index (χ0) is 13.8. The lowest BCUT2D eigenvalue weighted by Gasteiger charge is -2.09. The lowest BCUT2D eigenvalue weighted by atomic mass is 10.2. The summed E-state index contributed by atoms with van der Waals surface area (Å²) < 4.78 is 1.93. The van der Waals surface area contributed by atoms with E-state index in [2.05, 4.69) is 47.2 Å². The summed E-state index contributed by atoms with van der Waals surface area (Å²) in [4.78, 5) is 8.99. The Kier molecular flexibility index (Phi) is 4.14. The van der Waals surface area contributed by atoms with Crippen LogP contribution in [0.25, 0.3) is 5.82 Å². The molecule has 1 N–H and O–H groups in total. The molecule has 5 heteroatoms. The van der Waals surface area contributed by atoms with Crippen molar-refractivity contribution in [3.63, 3.8) is 0 Å². The highest BCUT2D eigenvalue weighted by Crippen LogP contribution is 2.15. The molecule has 0 amide bonds.